The molecule has 0 aliphatic heterocycles. The van der Waals surface area contributed by atoms with Crippen LogP contribution in [0.25, 0.3) is 0 Å². The molecule has 2 rings (SSSR count). The molecule has 1 aromatic carbocycles. The number of ether oxygens (including phenoxy) is 1. The molecule has 0 spiro atoms. The zero-order valence-electron chi connectivity index (χ0n) is 11.9. The van der Waals surface area contributed by atoms with E-state index >= 15 is 0 Å². The van der Waals surface area contributed by atoms with Crippen molar-refractivity contribution in [3.63, 3.8) is 0 Å². The van der Waals surface area contributed by atoms with E-state index in [-0.39, 0.29) is 11.8 Å². The summed E-state index contributed by atoms with van der Waals surface area (Å²) in [5.41, 5.74) is 7.52. The quantitative estimate of drug-likeness (QED) is 0.890. The Morgan fingerprint density at radius 2 is 2.19 bits per heavy atom. The van der Waals surface area contributed by atoms with Gasteiger partial charge >= 0.3 is 0 Å². The lowest BCUT2D eigenvalue weighted by molar-refractivity contribution is 0.385. The second-order valence-electron chi connectivity index (χ2n) is 4.51. The number of halogens is 2. The Labute approximate surface area is 128 Å². The van der Waals surface area contributed by atoms with E-state index in [0.29, 0.717) is 17.4 Å². The van der Waals surface area contributed by atoms with Gasteiger partial charge in [0.1, 0.15) is 5.82 Å². The van der Waals surface area contributed by atoms with Gasteiger partial charge in [0.25, 0.3) is 0 Å². The number of hydrogen-bond donors (Lipinski definition) is 2. The molecule has 0 aliphatic carbocycles. The maximum atomic E-state index is 13.6. The Bertz CT molecular complexity index is 636. The summed E-state index contributed by atoms with van der Waals surface area (Å²) in [4.78, 5) is 4.07. The maximum absolute atomic E-state index is 13.6. The lowest BCUT2D eigenvalue weighted by Crippen LogP contribution is -2.23. The van der Waals surface area contributed by atoms with E-state index < -0.39 is 5.82 Å². The highest BCUT2D eigenvalue weighted by Gasteiger charge is 2.18. The van der Waals surface area contributed by atoms with Crippen LogP contribution in [0.5, 0.6) is 5.75 Å². The van der Waals surface area contributed by atoms with Crippen molar-refractivity contribution in [1.82, 2.24) is 10.3 Å². The minimum Gasteiger partial charge on any atom is -0.494 e. The van der Waals surface area contributed by atoms with Crippen molar-refractivity contribution in [2.45, 2.75) is 13.0 Å². The standard InChI is InChI=1S/C15H17ClFN3O/c1-3-19-14(11-7-10(16)8-20-15(11)18)9-4-5-12(17)13(6-9)21-2/h4-8,14,19H,3H2,1-2H3,(H2,18,20). The molecule has 3 N–H and O–H groups in total. The smallest absolute Gasteiger partial charge is 0.165 e. The summed E-state index contributed by atoms with van der Waals surface area (Å²) in [6.07, 6.45) is 1.49. The molecule has 2 aromatic rings. The molecule has 0 fully saturated rings. The zero-order valence-corrected chi connectivity index (χ0v) is 12.6. The molecule has 0 bridgehead atoms. The molecule has 0 aliphatic rings. The van der Waals surface area contributed by atoms with Gasteiger partial charge in [-0.2, -0.15) is 0 Å². The van der Waals surface area contributed by atoms with Gasteiger partial charge in [-0.05, 0) is 30.3 Å². The summed E-state index contributed by atoms with van der Waals surface area (Å²) in [6, 6.07) is 6.21. The first-order valence-corrected chi connectivity index (χ1v) is 6.92. The summed E-state index contributed by atoms with van der Waals surface area (Å²) in [6.45, 7) is 2.68. The largest absolute Gasteiger partial charge is 0.494 e. The summed E-state index contributed by atoms with van der Waals surface area (Å²) in [5.74, 6) is 0.159. The zero-order chi connectivity index (χ0) is 15.4. The van der Waals surface area contributed by atoms with Gasteiger partial charge in [0.05, 0.1) is 18.2 Å². The Balaban J connectivity index is 2.50. The molecule has 112 valence electrons. The van der Waals surface area contributed by atoms with Gasteiger partial charge < -0.3 is 15.8 Å². The number of hydrogen-bond acceptors (Lipinski definition) is 4. The van der Waals surface area contributed by atoms with Crippen LogP contribution in [0.2, 0.25) is 5.02 Å². The average molecular weight is 310 g/mol. The van der Waals surface area contributed by atoms with Crippen molar-refractivity contribution < 1.29 is 9.13 Å². The molecule has 0 radical (unpaired) electrons. The van der Waals surface area contributed by atoms with E-state index in [1.54, 1.807) is 18.2 Å². The van der Waals surface area contributed by atoms with Crippen molar-refractivity contribution in [3.8, 4) is 5.75 Å². The van der Waals surface area contributed by atoms with E-state index in [0.717, 1.165) is 11.1 Å². The number of benzene rings is 1. The van der Waals surface area contributed by atoms with E-state index in [9.17, 15) is 4.39 Å². The monoisotopic (exact) mass is 309 g/mol. The van der Waals surface area contributed by atoms with Gasteiger partial charge in [-0.25, -0.2) is 9.37 Å². The molecular formula is C15H17ClFN3O. The average Bonchev–Trinajstić information content (AvgIpc) is 2.48. The van der Waals surface area contributed by atoms with Gasteiger partial charge in [-0.1, -0.05) is 24.6 Å². The van der Waals surface area contributed by atoms with Crippen LogP contribution in [-0.4, -0.2) is 18.6 Å². The molecule has 0 saturated carbocycles. The third-order valence-electron chi connectivity index (χ3n) is 3.14. The van der Waals surface area contributed by atoms with E-state index in [4.69, 9.17) is 22.1 Å². The van der Waals surface area contributed by atoms with Crippen LogP contribution in [0, 0.1) is 5.82 Å². The summed E-state index contributed by atoms with van der Waals surface area (Å²) in [7, 11) is 1.43. The predicted octanol–water partition coefficient (Wildman–Crippen LogP) is 3.16. The third-order valence-corrected chi connectivity index (χ3v) is 3.35. The molecule has 4 nitrogen and oxygen atoms in total. The number of nitrogens with zero attached hydrogens (tertiary/aromatic N) is 1. The Morgan fingerprint density at radius 3 is 2.86 bits per heavy atom. The van der Waals surface area contributed by atoms with Crippen molar-refractivity contribution in [3.05, 3.63) is 52.4 Å². The number of methoxy groups -OCH3 is 1. The fourth-order valence-corrected chi connectivity index (χ4v) is 2.33. The summed E-state index contributed by atoms with van der Waals surface area (Å²) < 4.78 is 18.6. The molecule has 1 aromatic heterocycles. The second kappa shape index (κ2) is 6.74. The van der Waals surface area contributed by atoms with Crippen LogP contribution in [-0.2, 0) is 0 Å². The van der Waals surface area contributed by atoms with Gasteiger partial charge in [0, 0.05) is 11.8 Å². The fourth-order valence-electron chi connectivity index (χ4n) is 2.16. The fraction of sp³-hybridized carbons (Fsp3) is 0.267. The van der Waals surface area contributed by atoms with Crippen molar-refractivity contribution in [1.29, 1.82) is 0 Å². The first-order valence-electron chi connectivity index (χ1n) is 6.54. The highest BCUT2D eigenvalue weighted by Crippen LogP contribution is 2.30. The molecule has 0 saturated heterocycles. The lowest BCUT2D eigenvalue weighted by atomic mass is 9.98. The van der Waals surface area contributed by atoms with E-state index in [1.165, 1.54) is 19.4 Å². The first-order chi connectivity index (χ1) is 10.1. The molecule has 1 unspecified atom stereocenters. The highest BCUT2D eigenvalue weighted by molar-refractivity contribution is 6.30. The van der Waals surface area contributed by atoms with Gasteiger partial charge in [-0.15, -0.1) is 0 Å². The maximum Gasteiger partial charge on any atom is 0.165 e. The predicted molar refractivity (Wildman–Crippen MR) is 82.1 cm³/mol. The number of pyridine rings is 1. The van der Waals surface area contributed by atoms with Crippen molar-refractivity contribution in [2.75, 3.05) is 19.4 Å². The van der Waals surface area contributed by atoms with Gasteiger partial charge in [0.15, 0.2) is 11.6 Å². The molecule has 1 heterocycles. The highest BCUT2D eigenvalue weighted by atomic mass is 35.5. The lowest BCUT2D eigenvalue weighted by Gasteiger charge is -2.21. The SMILES string of the molecule is CCNC(c1ccc(F)c(OC)c1)c1cc(Cl)cnc1N. The first kappa shape index (κ1) is 15.5. The topological polar surface area (TPSA) is 60.2 Å². The van der Waals surface area contributed by atoms with Crippen LogP contribution in [0.3, 0.4) is 0 Å². The van der Waals surface area contributed by atoms with Crippen LogP contribution in [0.1, 0.15) is 24.1 Å². The number of anilines is 1. The minimum absolute atomic E-state index is 0.184. The molecule has 0 amide bonds. The minimum atomic E-state index is -0.409. The molecule has 1 atom stereocenters. The molecule has 21 heavy (non-hydrogen) atoms. The number of nitrogens with one attached hydrogen (secondary N) is 1. The van der Waals surface area contributed by atoms with Crippen molar-refractivity contribution in [2.24, 2.45) is 0 Å². The van der Waals surface area contributed by atoms with Crippen LogP contribution in [0.4, 0.5) is 10.2 Å². The number of nitrogens with two attached hydrogens (primary N) is 1. The normalized spacial score (nSPS) is 12.2. The number of aromatic nitrogens is 1. The Morgan fingerprint density at radius 1 is 1.43 bits per heavy atom. The van der Waals surface area contributed by atoms with Crippen LogP contribution in [0.15, 0.2) is 30.5 Å². The van der Waals surface area contributed by atoms with E-state index in [2.05, 4.69) is 10.3 Å². The Hall–Kier alpha value is -1.85. The summed E-state index contributed by atoms with van der Waals surface area (Å²) >= 11 is 6.00. The number of rotatable bonds is 5. The Kier molecular flexibility index (Phi) is 4.98. The second-order valence-corrected chi connectivity index (χ2v) is 4.95. The summed E-state index contributed by atoms with van der Waals surface area (Å²) in [5, 5.41) is 3.79. The van der Waals surface area contributed by atoms with Crippen LogP contribution < -0.4 is 15.8 Å². The molecule has 6 heteroatoms. The molecular weight excluding hydrogens is 293 g/mol. The van der Waals surface area contributed by atoms with Crippen LogP contribution >= 0.6 is 11.6 Å². The van der Waals surface area contributed by atoms with Gasteiger partial charge in [-0.3, -0.25) is 0 Å². The van der Waals surface area contributed by atoms with E-state index in [1.807, 2.05) is 6.92 Å². The number of nitrogen functional groups attached to an aromatic ring is 1. The van der Waals surface area contributed by atoms with Crippen molar-refractivity contribution >= 4 is 17.4 Å². The third kappa shape index (κ3) is 3.43. The van der Waals surface area contributed by atoms with Gasteiger partial charge in [0.2, 0.25) is 0 Å².